The van der Waals surface area contributed by atoms with Gasteiger partial charge in [-0.15, -0.1) is 0 Å². The first-order valence-electron chi connectivity index (χ1n) is 6.18. The monoisotopic (exact) mass is 216 g/mol. The number of aliphatic hydroxyl groups is 1. The van der Waals surface area contributed by atoms with Gasteiger partial charge in [0, 0.05) is 12.8 Å². The molecule has 1 rings (SSSR count). The van der Waals surface area contributed by atoms with Crippen LogP contribution >= 0.6 is 0 Å². The number of hydrogen-bond donors (Lipinski definition) is 1. The van der Waals surface area contributed by atoms with E-state index in [0.717, 1.165) is 38.5 Å². The fourth-order valence-corrected chi connectivity index (χ4v) is 1.89. The average molecular weight is 216 g/mol. The first kappa shape index (κ1) is 12.9. The molecule has 0 aromatic heterocycles. The lowest BCUT2D eigenvalue weighted by Gasteiger charge is -2.39. The number of unbranched alkanes of at least 4 members (excludes halogenated alkanes) is 2. The van der Waals surface area contributed by atoms with Crippen LogP contribution in [0.3, 0.4) is 0 Å². The van der Waals surface area contributed by atoms with Crippen molar-refractivity contribution in [3.05, 3.63) is 0 Å². The van der Waals surface area contributed by atoms with Gasteiger partial charge in [-0.1, -0.05) is 26.7 Å². The fourth-order valence-electron chi connectivity index (χ4n) is 1.89. The average Bonchev–Trinajstić information content (AvgIpc) is 2.27. The molecule has 15 heavy (non-hydrogen) atoms. The first-order chi connectivity index (χ1) is 7.22. The molecule has 0 saturated carbocycles. The zero-order chi connectivity index (χ0) is 11.1. The molecule has 0 aliphatic carbocycles. The van der Waals surface area contributed by atoms with Crippen LogP contribution in [0.4, 0.5) is 0 Å². The second-order valence-electron chi connectivity index (χ2n) is 4.39. The first-order valence-corrected chi connectivity index (χ1v) is 6.18. The third-order valence-corrected chi connectivity index (χ3v) is 2.90. The largest absolute Gasteiger partial charge is 0.388 e. The summed E-state index contributed by atoms with van der Waals surface area (Å²) in [4.78, 5) is 0. The molecule has 1 N–H and O–H groups in total. The summed E-state index contributed by atoms with van der Waals surface area (Å²) >= 11 is 0. The number of ether oxygens (including phenoxy) is 2. The van der Waals surface area contributed by atoms with Crippen LogP contribution in [0.15, 0.2) is 0 Å². The van der Waals surface area contributed by atoms with E-state index in [4.69, 9.17) is 9.47 Å². The highest BCUT2D eigenvalue weighted by Gasteiger charge is 2.35. The van der Waals surface area contributed by atoms with Crippen molar-refractivity contribution in [1.82, 2.24) is 0 Å². The number of hydrogen-bond acceptors (Lipinski definition) is 3. The van der Waals surface area contributed by atoms with E-state index in [1.165, 1.54) is 0 Å². The highest BCUT2D eigenvalue weighted by atomic mass is 16.7. The van der Waals surface area contributed by atoms with Gasteiger partial charge in [-0.25, -0.2) is 0 Å². The van der Waals surface area contributed by atoms with Crippen molar-refractivity contribution in [3.63, 3.8) is 0 Å². The van der Waals surface area contributed by atoms with Crippen LogP contribution in [-0.4, -0.2) is 30.2 Å². The van der Waals surface area contributed by atoms with Crippen molar-refractivity contribution in [2.75, 3.05) is 13.2 Å². The van der Waals surface area contributed by atoms with E-state index >= 15 is 0 Å². The van der Waals surface area contributed by atoms with Crippen molar-refractivity contribution in [3.8, 4) is 0 Å². The number of rotatable bonds is 6. The number of aliphatic hydroxyl groups excluding tert-OH is 1. The molecule has 1 heterocycles. The summed E-state index contributed by atoms with van der Waals surface area (Å²) < 4.78 is 11.4. The molecule has 0 aromatic carbocycles. The molecular weight excluding hydrogens is 192 g/mol. The Balaban J connectivity index is 2.44. The minimum atomic E-state index is -0.443. The van der Waals surface area contributed by atoms with Crippen molar-refractivity contribution >= 4 is 0 Å². The minimum absolute atomic E-state index is 0.398. The van der Waals surface area contributed by atoms with E-state index in [0.29, 0.717) is 13.2 Å². The van der Waals surface area contributed by atoms with Crippen molar-refractivity contribution < 1.29 is 14.6 Å². The van der Waals surface area contributed by atoms with Gasteiger partial charge >= 0.3 is 0 Å². The third kappa shape index (κ3) is 4.09. The van der Waals surface area contributed by atoms with Gasteiger partial charge in [-0.3, -0.25) is 0 Å². The maximum atomic E-state index is 9.34. The van der Waals surface area contributed by atoms with Crippen LogP contribution in [-0.2, 0) is 9.47 Å². The summed E-state index contributed by atoms with van der Waals surface area (Å²) in [7, 11) is 0. The molecule has 0 bridgehead atoms. The van der Waals surface area contributed by atoms with Gasteiger partial charge in [0.05, 0.1) is 13.2 Å². The molecule has 1 saturated heterocycles. The topological polar surface area (TPSA) is 38.7 Å². The van der Waals surface area contributed by atoms with Crippen molar-refractivity contribution in [1.29, 1.82) is 0 Å². The van der Waals surface area contributed by atoms with Crippen LogP contribution in [0.2, 0.25) is 0 Å². The Morgan fingerprint density at radius 2 is 1.53 bits per heavy atom. The zero-order valence-corrected chi connectivity index (χ0v) is 10.00. The molecular formula is C12H24O3. The van der Waals surface area contributed by atoms with E-state index in [2.05, 4.69) is 13.8 Å². The Labute approximate surface area is 92.8 Å². The molecule has 1 aliphatic heterocycles. The van der Waals surface area contributed by atoms with E-state index < -0.39 is 11.9 Å². The lowest BCUT2D eigenvalue weighted by molar-refractivity contribution is -0.298. The molecule has 3 nitrogen and oxygen atoms in total. The van der Waals surface area contributed by atoms with E-state index in [1.54, 1.807) is 0 Å². The molecule has 90 valence electrons. The van der Waals surface area contributed by atoms with Gasteiger partial charge in [-0.2, -0.15) is 0 Å². The third-order valence-electron chi connectivity index (χ3n) is 2.90. The summed E-state index contributed by atoms with van der Waals surface area (Å²) in [5.41, 5.74) is 0. The molecule has 0 unspecified atom stereocenters. The van der Waals surface area contributed by atoms with E-state index in [-0.39, 0.29) is 0 Å². The van der Waals surface area contributed by atoms with Crippen LogP contribution in [0, 0.1) is 0 Å². The predicted octanol–water partition coefficient (Wildman–Crippen LogP) is 2.47. The van der Waals surface area contributed by atoms with E-state index in [1.807, 2.05) is 0 Å². The van der Waals surface area contributed by atoms with Gasteiger partial charge < -0.3 is 14.6 Å². The maximum Gasteiger partial charge on any atom is 0.168 e. The maximum absolute atomic E-state index is 9.34. The van der Waals surface area contributed by atoms with Crippen molar-refractivity contribution in [2.45, 2.75) is 64.3 Å². The fraction of sp³-hybridized carbons (Fsp3) is 1.00. The highest BCUT2D eigenvalue weighted by Crippen LogP contribution is 2.30. The van der Waals surface area contributed by atoms with E-state index in [9.17, 15) is 5.11 Å². The standard InChI is InChI=1S/C12H24O3/c1-3-5-7-12(8-6-4-2)14-9-11(13)10-15-12/h11,13H,3-10H2,1-2H3. The van der Waals surface area contributed by atoms with Crippen LogP contribution < -0.4 is 0 Å². The molecule has 1 aliphatic rings. The van der Waals surface area contributed by atoms with Crippen LogP contribution in [0.1, 0.15) is 52.4 Å². The second-order valence-corrected chi connectivity index (χ2v) is 4.39. The van der Waals surface area contributed by atoms with Crippen LogP contribution in [0.5, 0.6) is 0 Å². The molecule has 0 amide bonds. The van der Waals surface area contributed by atoms with Gasteiger partial charge in [0.25, 0.3) is 0 Å². The van der Waals surface area contributed by atoms with Gasteiger partial charge in [0.2, 0.25) is 0 Å². The summed E-state index contributed by atoms with van der Waals surface area (Å²) in [6, 6.07) is 0. The Morgan fingerprint density at radius 3 is 1.93 bits per heavy atom. The Kier molecular flexibility index (Phi) is 5.58. The molecule has 0 atom stereocenters. The zero-order valence-electron chi connectivity index (χ0n) is 10.00. The lowest BCUT2D eigenvalue weighted by atomic mass is 10.0. The minimum Gasteiger partial charge on any atom is -0.388 e. The molecule has 0 radical (unpaired) electrons. The molecule has 3 heteroatoms. The molecule has 0 aromatic rings. The van der Waals surface area contributed by atoms with Crippen LogP contribution in [0.25, 0.3) is 0 Å². The van der Waals surface area contributed by atoms with Gasteiger partial charge in [-0.05, 0) is 12.8 Å². The SMILES string of the molecule is CCCCC1(CCCC)OCC(O)CO1. The second kappa shape index (κ2) is 6.46. The van der Waals surface area contributed by atoms with Crippen molar-refractivity contribution in [2.24, 2.45) is 0 Å². The molecule has 1 fully saturated rings. The normalized spacial score (nSPS) is 21.8. The van der Waals surface area contributed by atoms with Gasteiger partial charge in [0.1, 0.15) is 6.10 Å². The Hall–Kier alpha value is -0.120. The Morgan fingerprint density at radius 1 is 1.07 bits per heavy atom. The summed E-state index contributed by atoms with van der Waals surface area (Å²) in [5.74, 6) is -0.398. The predicted molar refractivity (Wildman–Crippen MR) is 59.7 cm³/mol. The summed E-state index contributed by atoms with van der Waals surface area (Å²) in [6.45, 7) is 5.19. The summed E-state index contributed by atoms with van der Waals surface area (Å²) in [5, 5.41) is 9.34. The summed E-state index contributed by atoms with van der Waals surface area (Å²) in [6.07, 6.45) is 6.03. The highest BCUT2D eigenvalue weighted by molar-refractivity contribution is 4.75. The quantitative estimate of drug-likeness (QED) is 0.741. The van der Waals surface area contributed by atoms with Gasteiger partial charge in [0.15, 0.2) is 5.79 Å². The molecule has 0 spiro atoms. The lowest BCUT2D eigenvalue weighted by Crippen LogP contribution is -2.46. The Bertz CT molecular complexity index is 145. The smallest absolute Gasteiger partial charge is 0.168 e.